The van der Waals surface area contributed by atoms with E-state index in [1.165, 1.54) is 140 Å². The summed E-state index contributed by atoms with van der Waals surface area (Å²) < 4.78 is 64.9. The predicted octanol–water partition coefficient (Wildman–Crippen LogP) is 17.4. The average molecular weight is 1130 g/mol. The number of rotatable bonds is 43. The maximum Gasteiger partial charge on any atom is 0.477 e. The number of phosphoric acid groups is 1. The molecule has 80 heavy (non-hydrogen) atoms. The topological polar surface area (TPSA) is 159 Å². The van der Waals surface area contributed by atoms with Crippen LogP contribution in [0.15, 0.2) is 121 Å². The Hall–Kier alpha value is -5.17. The van der Waals surface area contributed by atoms with Crippen LogP contribution in [0.3, 0.4) is 0 Å². The summed E-state index contributed by atoms with van der Waals surface area (Å²) in [5, 5.41) is 0. The van der Waals surface area contributed by atoms with Crippen molar-refractivity contribution < 1.29 is 61.0 Å². The van der Waals surface area contributed by atoms with Gasteiger partial charge >= 0.3 is 31.7 Å². The number of benzene rings is 4. The molecule has 4 aromatic carbocycles. The van der Waals surface area contributed by atoms with Crippen LogP contribution in [-0.2, 0) is 41.8 Å². The molecule has 0 radical (unpaired) electrons. The van der Waals surface area contributed by atoms with E-state index in [1.807, 2.05) is 0 Å². The lowest BCUT2D eigenvalue weighted by Crippen LogP contribution is -2.63. The highest BCUT2D eigenvalue weighted by atomic mass is 31.2. The van der Waals surface area contributed by atoms with Crippen molar-refractivity contribution in [3.05, 3.63) is 144 Å². The Labute approximate surface area is 478 Å². The van der Waals surface area contributed by atoms with Crippen LogP contribution in [0.25, 0.3) is 0 Å². The molecule has 1 saturated heterocycles. The average Bonchev–Trinajstić information content (AvgIpc) is 3.51. The zero-order chi connectivity index (χ0) is 56.7. The van der Waals surface area contributed by atoms with Crippen molar-refractivity contribution in [3.63, 3.8) is 0 Å². The van der Waals surface area contributed by atoms with E-state index in [0.717, 1.165) is 51.4 Å². The largest absolute Gasteiger partial charge is 0.477 e. The van der Waals surface area contributed by atoms with Gasteiger partial charge in [-0.25, -0.2) is 23.7 Å². The maximum absolute atomic E-state index is 15.2. The van der Waals surface area contributed by atoms with Crippen LogP contribution in [0.2, 0.25) is 0 Å². The van der Waals surface area contributed by atoms with Gasteiger partial charge in [-0.15, -0.1) is 0 Å². The van der Waals surface area contributed by atoms with Crippen LogP contribution in [0.1, 0.15) is 235 Å². The molecule has 4 aromatic rings. The summed E-state index contributed by atoms with van der Waals surface area (Å²) in [6.07, 6.45) is 24.0. The molecular weight excluding hydrogens is 1030 g/mol. The molecule has 0 N–H and O–H groups in total. The fourth-order valence-corrected chi connectivity index (χ4v) is 11.1. The monoisotopic (exact) mass is 1120 g/mol. The predicted molar refractivity (Wildman–Crippen MR) is 314 cm³/mol. The zero-order valence-electron chi connectivity index (χ0n) is 48.1. The first-order chi connectivity index (χ1) is 39.2. The van der Waals surface area contributed by atoms with Gasteiger partial charge < -0.3 is 23.7 Å². The Morgan fingerprint density at radius 2 is 0.662 bits per heavy atom. The molecule has 440 valence electrons. The molecule has 0 unspecified atom stereocenters. The van der Waals surface area contributed by atoms with Gasteiger partial charge in [-0.3, -0.25) is 13.6 Å². The normalized spacial score (nSPS) is 17.1. The summed E-state index contributed by atoms with van der Waals surface area (Å²) in [4.78, 5) is 56.0. The third kappa shape index (κ3) is 25.7. The van der Waals surface area contributed by atoms with Gasteiger partial charge in [-0.2, -0.15) is 0 Å². The molecule has 13 nitrogen and oxygen atoms in total. The van der Waals surface area contributed by atoms with Crippen LogP contribution in [-0.4, -0.2) is 74.4 Å². The second kappa shape index (κ2) is 40.1. The van der Waals surface area contributed by atoms with Gasteiger partial charge in [0, 0.05) is 0 Å². The van der Waals surface area contributed by atoms with E-state index < -0.39 is 69.0 Å². The molecule has 0 amide bonds. The lowest BCUT2D eigenvalue weighted by molar-refractivity contribution is -0.279. The van der Waals surface area contributed by atoms with Crippen molar-refractivity contribution in [2.75, 3.05) is 19.8 Å². The van der Waals surface area contributed by atoms with Crippen LogP contribution < -0.4 is 0 Å². The minimum Gasteiger partial charge on any atom is -0.459 e. The van der Waals surface area contributed by atoms with E-state index in [1.54, 1.807) is 97.1 Å². The van der Waals surface area contributed by atoms with Crippen molar-refractivity contribution in [3.8, 4) is 0 Å². The summed E-state index contributed by atoms with van der Waals surface area (Å²) >= 11 is 0. The molecule has 5 rings (SSSR count). The van der Waals surface area contributed by atoms with E-state index >= 15 is 4.57 Å². The number of phosphoric ester groups is 1. The van der Waals surface area contributed by atoms with Crippen molar-refractivity contribution in [2.45, 2.75) is 224 Å². The van der Waals surface area contributed by atoms with E-state index in [-0.39, 0.29) is 35.5 Å². The minimum atomic E-state index is -4.61. The van der Waals surface area contributed by atoms with Crippen LogP contribution in [0, 0.1) is 0 Å². The van der Waals surface area contributed by atoms with E-state index in [4.69, 9.17) is 37.3 Å². The first-order valence-corrected chi connectivity index (χ1v) is 31.9. The minimum absolute atomic E-state index is 0.0249. The Bertz CT molecular complexity index is 2280. The second-order valence-electron chi connectivity index (χ2n) is 21.1. The van der Waals surface area contributed by atoms with Gasteiger partial charge in [0.25, 0.3) is 0 Å². The Morgan fingerprint density at radius 1 is 0.375 bits per heavy atom. The highest BCUT2D eigenvalue weighted by molar-refractivity contribution is 7.48. The number of unbranched alkanes of at least 4 members (excludes halogenated alkanes) is 26. The van der Waals surface area contributed by atoms with Crippen LogP contribution in [0.5, 0.6) is 0 Å². The van der Waals surface area contributed by atoms with Crippen LogP contribution >= 0.6 is 7.82 Å². The molecule has 1 aliphatic rings. The zero-order valence-corrected chi connectivity index (χ0v) is 49.0. The smallest absolute Gasteiger partial charge is 0.459 e. The molecule has 0 saturated carbocycles. The number of esters is 4. The van der Waals surface area contributed by atoms with Crippen molar-refractivity contribution in [2.24, 2.45) is 0 Å². The molecule has 0 aliphatic carbocycles. The molecule has 5 atom stereocenters. The summed E-state index contributed by atoms with van der Waals surface area (Å²) in [6.45, 7) is 3.96. The van der Waals surface area contributed by atoms with E-state index in [9.17, 15) is 19.2 Å². The fourth-order valence-electron chi connectivity index (χ4n) is 9.78. The SMILES string of the molecule is CCCCCCCCCCCCCCCCOP(=O)(OCCCCCCCCCCCCCCCC)O[C@@H]1O[C@H](COC(=O)c2ccccc2)[C@H](OC(=O)c2ccccc2)[C@H](OC(=O)c2ccccc2)[C@H]1OC(=O)c1ccccc1. The quantitative estimate of drug-likeness (QED) is 0.0178. The van der Waals surface area contributed by atoms with E-state index in [0.29, 0.717) is 12.8 Å². The third-order valence-electron chi connectivity index (χ3n) is 14.5. The fraction of sp³-hybridized carbons (Fsp3) is 0.576. The number of carbonyl (C=O) groups is 4. The third-order valence-corrected chi connectivity index (χ3v) is 15.9. The molecular formula is C66H93O13P. The van der Waals surface area contributed by atoms with Crippen molar-refractivity contribution in [1.29, 1.82) is 0 Å². The summed E-state index contributed by atoms with van der Waals surface area (Å²) in [7, 11) is -4.61. The maximum atomic E-state index is 15.2. The second-order valence-corrected chi connectivity index (χ2v) is 22.7. The molecule has 1 heterocycles. The van der Waals surface area contributed by atoms with Gasteiger partial charge in [0.1, 0.15) is 12.7 Å². The number of hydrogen-bond donors (Lipinski definition) is 0. The molecule has 14 heteroatoms. The number of ether oxygens (including phenoxy) is 5. The Kier molecular flexibility index (Phi) is 32.9. The molecule has 0 spiro atoms. The summed E-state index contributed by atoms with van der Waals surface area (Å²) in [5.41, 5.74) is 0.634. The number of hydrogen-bond acceptors (Lipinski definition) is 13. The lowest BCUT2D eigenvalue weighted by atomic mass is 9.97. The molecule has 1 aliphatic heterocycles. The molecule has 0 aromatic heterocycles. The van der Waals surface area contributed by atoms with Crippen molar-refractivity contribution >= 4 is 31.7 Å². The van der Waals surface area contributed by atoms with Crippen molar-refractivity contribution in [1.82, 2.24) is 0 Å². The van der Waals surface area contributed by atoms with Crippen LogP contribution in [0.4, 0.5) is 0 Å². The van der Waals surface area contributed by atoms with Gasteiger partial charge in [0.2, 0.25) is 6.29 Å². The standard InChI is InChI=1S/C66H93O13P/c1-3-5-7-9-11-13-15-17-19-21-23-25-27-41-51-73-80(71,74-52-42-28-26-24-22-20-18-16-14-12-10-8-6-4-2)79-66-61(78-65(70)57-49-39-32-40-50-57)60(77-64(69)56-47-37-31-38-48-56)59(76-63(68)55-45-35-30-36-46-55)58(75-66)53-72-62(67)54-43-33-29-34-44-54/h29-40,43-50,58-61,66H,3-28,41-42,51-53H2,1-2H3/t58-,59+,60+,61-,66+/m1/s1. The lowest BCUT2D eigenvalue weighted by Gasteiger charge is -2.44. The highest BCUT2D eigenvalue weighted by Crippen LogP contribution is 2.53. The highest BCUT2D eigenvalue weighted by Gasteiger charge is 2.55. The van der Waals surface area contributed by atoms with Gasteiger partial charge in [0.05, 0.1) is 35.5 Å². The molecule has 1 fully saturated rings. The van der Waals surface area contributed by atoms with Gasteiger partial charge in [-0.05, 0) is 61.4 Å². The van der Waals surface area contributed by atoms with E-state index in [2.05, 4.69) is 13.8 Å². The summed E-state index contributed by atoms with van der Waals surface area (Å²) in [5.74, 6) is -3.32. The Balaban J connectivity index is 1.37. The van der Waals surface area contributed by atoms with Gasteiger partial charge in [-0.1, -0.05) is 254 Å². The first kappa shape index (κ1) is 65.6. The van der Waals surface area contributed by atoms with Gasteiger partial charge in [0.15, 0.2) is 18.3 Å². The Morgan fingerprint density at radius 3 is 1.00 bits per heavy atom. The first-order valence-electron chi connectivity index (χ1n) is 30.4. The molecule has 0 bridgehead atoms. The number of carbonyl (C=O) groups excluding carboxylic acids is 4. The summed E-state index contributed by atoms with van der Waals surface area (Å²) in [6, 6.07) is 32.6.